The summed E-state index contributed by atoms with van der Waals surface area (Å²) in [5.41, 5.74) is 5.91. The maximum Gasteiger partial charge on any atom is 0.293 e. The normalized spacial score (nSPS) is 17.0. The van der Waals surface area contributed by atoms with Gasteiger partial charge in [0.1, 0.15) is 22.8 Å². The summed E-state index contributed by atoms with van der Waals surface area (Å²) in [5, 5.41) is 16.0. The number of ether oxygens (including phenoxy) is 1. The highest BCUT2D eigenvalue weighted by atomic mass is 32.2. The third-order valence-electron chi connectivity index (χ3n) is 12.3. The molecule has 0 bridgehead atoms. The number of piperidine rings is 1. The molecule has 2 amide bonds. The lowest BCUT2D eigenvalue weighted by atomic mass is 9.95. The zero-order valence-electron chi connectivity index (χ0n) is 34.3. The van der Waals surface area contributed by atoms with Crippen molar-refractivity contribution in [2.24, 2.45) is 5.92 Å². The average molecular weight is 854 g/mol. The predicted octanol–water partition coefficient (Wildman–Crippen LogP) is 8.94. The van der Waals surface area contributed by atoms with Gasteiger partial charge in [-0.15, -0.1) is 0 Å². The number of likely N-dealkylation sites (tertiary alicyclic amines) is 1. The first kappa shape index (κ1) is 40.7. The fourth-order valence-corrected chi connectivity index (χ4v) is 9.81. The van der Waals surface area contributed by atoms with Gasteiger partial charge in [0.05, 0.1) is 27.6 Å². The number of aromatic amines is 1. The minimum Gasteiger partial charge on any atom is -0.455 e. The fraction of sp³-hybridized carbons (Fsp3) is 0.298. The van der Waals surface area contributed by atoms with Gasteiger partial charge in [-0.2, -0.15) is 0 Å². The van der Waals surface area contributed by atoms with Crippen LogP contribution in [0.4, 0.5) is 17.1 Å². The fourth-order valence-electron chi connectivity index (χ4n) is 8.82. The number of nitro groups is 1. The molecule has 2 aliphatic heterocycles. The minimum absolute atomic E-state index is 0.0150. The molecule has 6 aromatic rings. The summed E-state index contributed by atoms with van der Waals surface area (Å²) >= 11 is 0. The summed E-state index contributed by atoms with van der Waals surface area (Å²) < 4.78 is 35.8. The van der Waals surface area contributed by atoms with E-state index in [1.165, 1.54) is 55.3 Å². The first-order chi connectivity index (χ1) is 30.0. The Morgan fingerprint density at radius 2 is 1.65 bits per heavy atom. The molecule has 1 saturated carbocycles. The lowest BCUT2D eigenvalue weighted by Crippen LogP contribution is -2.38. The van der Waals surface area contributed by atoms with E-state index in [-0.39, 0.29) is 28.8 Å². The number of rotatable bonds is 13. The highest BCUT2D eigenvalue weighted by Crippen LogP contribution is 2.46. The molecule has 318 valence electrons. The van der Waals surface area contributed by atoms with Crippen LogP contribution >= 0.6 is 0 Å². The molecule has 0 radical (unpaired) electrons. The van der Waals surface area contributed by atoms with Crippen molar-refractivity contribution in [2.45, 2.75) is 62.3 Å². The molecule has 1 atom stereocenters. The molecule has 2 saturated heterocycles. The van der Waals surface area contributed by atoms with Crippen LogP contribution in [0, 0.1) is 16.0 Å². The lowest BCUT2D eigenvalue weighted by Gasteiger charge is -2.31. The molecule has 9 rings (SSSR count). The molecule has 4 aromatic carbocycles. The second kappa shape index (κ2) is 17.0. The number of hydrogen-bond donors (Lipinski definition) is 3. The summed E-state index contributed by atoms with van der Waals surface area (Å²) in [5.74, 6) is 0.294. The Morgan fingerprint density at radius 1 is 0.887 bits per heavy atom. The molecule has 3 aliphatic rings. The van der Waals surface area contributed by atoms with Crippen LogP contribution in [0.1, 0.15) is 78.9 Å². The van der Waals surface area contributed by atoms with E-state index in [0.29, 0.717) is 43.0 Å². The number of hydrogen-bond acceptors (Lipinski definition) is 10. The molecule has 62 heavy (non-hydrogen) atoms. The average Bonchev–Trinajstić information content (AvgIpc) is 3.82. The zero-order valence-corrected chi connectivity index (χ0v) is 35.1. The number of pyridine rings is 1. The second-order valence-corrected chi connectivity index (χ2v) is 18.1. The molecule has 1 aliphatic carbocycles. The van der Waals surface area contributed by atoms with Crippen LogP contribution in [0.2, 0.25) is 0 Å². The Kier molecular flexibility index (Phi) is 11.1. The number of carbonyl (C=O) groups excluding carboxylic acids is 2. The van der Waals surface area contributed by atoms with Crippen molar-refractivity contribution in [1.29, 1.82) is 0 Å². The SMILES string of the molecule is CC(=O)N1CCC(CNc2ccc(S(=O)(=O)NC(=O)c3ccc(-c4ccc(N5CCC[C@@H]5c5ccccc5C5CC5)cc4)cc3Oc3cnc4[nH]ccc4c3)cc2[N+](=O)[O-])CC1. The van der Waals surface area contributed by atoms with Gasteiger partial charge in [-0.05, 0) is 121 Å². The number of carbonyl (C=O) groups is 2. The lowest BCUT2D eigenvalue weighted by molar-refractivity contribution is -0.384. The number of nitrogens with zero attached hydrogens (tertiary/aromatic N) is 4. The molecule has 2 aromatic heterocycles. The van der Waals surface area contributed by atoms with Gasteiger partial charge in [0.2, 0.25) is 5.91 Å². The van der Waals surface area contributed by atoms with Crippen LogP contribution in [0.3, 0.4) is 0 Å². The summed E-state index contributed by atoms with van der Waals surface area (Å²) in [4.78, 5) is 48.4. The number of fused-ring (bicyclic) bond motifs is 1. The molecule has 0 spiro atoms. The smallest absolute Gasteiger partial charge is 0.293 e. The molecule has 0 unspecified atom stereocenters. The van der Waals surface area contributed by atoms with E-state index in [1.54, 1.807) is 29.3 Å². The van der Waals surface area contributed by atoms with Crippen molar-refractivity contribution >= 4 is 49.9 Å². The number of sulfonamides is 1. The largest absolute Gasteiger partial charge is 0.455 e. The van der Waals surface area contributed by atoms with Gasteiger partial charge in [-0.3, -0.25) is 19.7 Å². The number of anilines is 2. The van der Waals surface area contributed by atoms with Crippen LogP contribution in [0.25, 0.3) is 22.2 Å². The number of nitrogens with one attached hydrogen (secondary N) is 3. The van der Waals surface area contributed by atoms with E-state index in [4.69, 9.17) is 4.74 Å². The Balaban J connectivity index is 0.957. The number of H-pyrrole nitrogens is 1. The number of amides is 2. The predicted molar refractivity (Wildman–Crippen MR) is 237 cm³/mol. The Morgan fingerprint density at radius 3 is 2.39 bits per heavy atom. The Labute approximate surface area is 359 Å². The van der Waals surface area contributed by atoms with Gasteiger partial charge >= 0.3 is 0 Å². The van der Waals surface area contributed by atoms with Crippen molar-refractivity contribution in [2.75, 3.05) is 36.4 Å². The van der Waals surface area contributed by atoms with Gasteiger partial charge in [0.25, 0.3) is 21.6 Å². The van der Waals surface area contributed by atoms with E-state index >= 15 is 0 Å². The molecule has 3 fully saturated rings. The maximum atomic E-state index is 13.9. The summed E-state index contributed by atoms with van der Waals surface area (Å²) in [6.07, 6.45) is 9.45. The second-order valence-electron chi connectivity index (χ2n) is 16.4. The Hall–Kier alpha value is -6.74. The van der Waals surface area contributed by atoms with E-state index in [2.05, 4.69) is 61.3 Å². The summed E-state index contributed by atoms with van der Waals surface area (Å²) in [6, 6.07) is 29.5. The monoisotopic (exact) mass is 853 g/mol. The van der Waals surface area contributed by atoms with Crippen LogP contribution in [0.15, 0.2) is 114 Å². The van der Waals surface area contributed by atoms with Gasteiger partial charge in [-0.25, -0.2) is 18.1 Å². The quantitative estimate of drug-likeness (QED) is 0.0750. The Bertz CT molecular complexity index is 2780. The first-order valence-electron chi connectivity index (χ1n) is 21.1. The number of benzene rings is 4. The maximum absolute atomic E-state index is 13.9. The number of aromatic nitrogens is 2. The minimum atomic E-state index is -4.59. The van der Waals surface area contributed by atoms with Crippen molar-refractivity contribution in [3.63, 3.8) is 0 Å². The molecule has 14 nitrogen and oxygen atoms in total. The standard InChI is InChI=1S/C47H47N7O7S/c1-30(55)52-23-19-31(20-24-52)28-49-42-17-15-38(27-44(42)54(57)58)62(59,60)51-47(56)41-16-12-34(26-45(41)61-37-25-35-18-21-48-46(35)50-29-37)32-10-13-36(14-11-32)53-22-4-7-43(53)40-6-3-2-5-39(40)33-8-9-33/h2-3,5-6,10-18,21,25-27,29,31,33,43,49H,4,7-9,19-20,22-24,28H2,1H3,(H,48,50)(H,51,56)/t43-/m1/s1. The van der Waals surface area contributed by atoms with Crippen LogP contribution in [-0.2, 0) is 14.8 Å². The van der Waals surface area contributed by atoms with Gasteiger partial charge < -0.3 is 24.8 Å². The topological polar surface area (TPSA) is 180 Å². The third-order valence-corrected chi connectivity index (χ3v) is 13.7. The van der Waals surface area contributed by atoms with Crippen molar-refractivity contribution in [3.05, 3.63) is 136 Å². The van der Waals surface area contributed by atoms with Crippen molar-refractivity contribution in [1.82, 2.24) is 19.6 Å². The van der Waals surface area contributed by atoms with Crippen LogP contribution in [-0.4, -0.2) is 66.2 Å². The summed E-state index contributed by atoms with van der Waals surface area (Å²) in [6.45, 7) is 4.13. The van der Waals surface area contributed by atoms with Crippen LogP contribution < -0.4 is 19.7 Å². The molecular weight excluding hydrogens is 807 g/mol. The van der Waals surface area contributed by atoms with Gasteiger partial charge in [0, 0.05) is 56.4 Å². The van der Waals surface area contributed by atoms with E-state index < -0.39 is 31.4 Å². The third kappa shape index (κ3) is 8.57. The summed E-state index contributed by atoms with van der Waals surface area (Å²) in [7, 11) is -4.59. The molecular formula is C47H47N7O7S. The highest BCUT2D eigenvalue weighted by Gasteiger charge is 2.33. The highest BCUT2D eigenvalue weighted by molar-refractivity contribution is 7.90. The molecule has 4 heterocycles. The zero-order chi connectivity index (χ0) is 43.0. The van der Waals surface area contributed by atoms with E-state index in [9.17, 15) is 28.1 Å². The van der Waals surface area contributed by atoms with E-state index in [0.717, 1.165) is 60.5 Å². The van der Waals surface area contributed by atoms with Crippen LogP contribution in [0.5, 0.6) is 11.5 Å². The molecule has 3 N–H and O–H groups in total. The van der Waals surface area contributed by atoms with Crippen molar-refractivity contribution < 1.29 is 27.7 Å². The van der Waals surface area contributed by atoms with Gasteiger partial charge in [0.15, 0.2) is 0 Å². The first-order valence-corrected chi connectivity index (χ1v) is 22.5. The van der Waals surface area contributed by atoms with Crippen molar-refractivity contribution in [3.8, 4) is 22.6 Å². The van der Waals surface area contributed by atoms with Gasteiger partial charge in [-0.1, -0.05) is 42.5 Å². The molecule has 15 heteroatoms. The number of nitro benzene ring substituents is 1. The van der Waals surface area contributed by atoms with E-state index in [1.807, 2.05) is 18.2 Å².